The molecule has 2 aliphatic rings. The molecule has 2 saturated heterocycles. The number of nitrogens with one attached hydrogen (secondary N) is 2. The van der Waals surface area contributed by atoms with Crippen molar-refractivity contribution < 1.29 is 9.59 Å². The maximum Gasteiger partial charge on any atom is 0.321 e. The van der Waals surface area contributed by atoms with Gasteiger partial charge in [0.25, 0.3) is 0 Å². The Morgan fingerprint density at radius 3 is 2.39 bits per heavy atom. The lowest BCUT2D eigenvalue weighted by Gasteiger charge is -2.31. The number of nitrogens with zero attached hydrogens (tertiary/aromatic N) is 2. The Labute approximate surface area is 168 Å². The van der Waals surface area contributed by atoms with Gasteiger partial charge in [0.15, 0.2) is 0 Å². The van der Waals surface area contributed by atoms with Gasteiger partial charge in [-0.25, -0.2) is 4.79 Å². The van der Waals surface area contributed by atoms with Crippen LogP contribution < -0.4 is 10.6 Å². The molecule has 6 heteroatoms. The van der Waals surface area contributed by atoms with Crippen LogP contribution in [0.5, 0.6) is 0 Å². The highest BCUT2D eigenvalue weighted by atomic mass is 16.2. The molecule has 2 N–H and O–H groups in total. The molecule has 3 rings (SSSR count). The number of urea groups is 1. The Morgan fingerprint density at radius 2 is 1.68 bits per heavy atom. The molecule has 0 radical (unpaired) electrons. The molecular formula is C22H34N4O2. The van der Waals surface area contributed by atoms with Gasteiger partial charge in [-0.3, -0.25) is 4.79 Å². The van der Waals surface area contributed by atoms with Crippen molar-refractivity contribution in [3.05, 3.63) is 30.3 Å². The standard InChI is InChI=1S/C22H34N4O2/c27-21(23-12-7-15-25-13-5-2-6-14-25)18-19-10-16-26(17-11-19)22(28)24-20-8-3-1-4-9-20/h1,3-4,8-9,19H,2,5-7,10-18H2,(H,23,27)(H,24,28). The first-order chi connectivity index (χ1) is 13.7. The third kappa shape index (κ3) is 6.82. The summed E-state index contributed by atoms with van der Waals surface area (Å²) < 4.78 is 0. The Kier molecular flexibility index (Phi) is 8.15. The average molecular weight is 387 g/mol. The zero-order valence-corrected chi connectivity index (χ0v) is 16.9. The van der Waals surface area contributed by atoms with E-state index >= 15 is 0 Å². The number of hydrogen-bond acceptors (Lipinski definition) is 3. The van der Waals surface area contributed by atoms with E-state index in [9.17, 15) is 9.59 Å². The molecule has 0 aromatic heterocycles. The van der Waals surface area contributed by atoms with Crippen molar-refractivity contribution in [1.82, 2.24) is 15.1 Å². The lowest BCUT2D eigenvalue weighted by Crippen LogP contribution is -2.42. The van der Waals surface area contributed by atoms with Gasteiger partial charge in [0.2, 0.25) is 5.91 Å². The highest BCUT2D eigenvalue weighted by Crippen LogP contribution is 2.21. The number of benzene rings is 1. The minimum absolute atomic E-state index is 0.0492. The number of hydrogen-bond donors (Lipinski definition) is 2. The molecule has 2 fully saturated rings. The van der Waals surface area contributed by atoms with Crippen LogP contribution in [-0.2, 0) is 4.79 Å². The molecule has 6 nitrogen and oxygen atoms in total. The van der Waals surface area contributed by atoms with Gasteiger partial charge in [0, 0.05) is 31.7 Å². The van der Waals surface area contributed by atoms with E-state index in [4.69, 9.17) is 0 Å². The first kappa shape index (κ1) is 20.6. The van der Waals surface area contributed by atoms with E-state index in [1.807, 2.05) is 35.2 Å². The monoisotopic (exact) mass is 386 g/mol. The number of piperidine rings is 2. The molecule has 0 atom stereocenters. The number of carbonyl (C=O) groups excluding carboxylic acids is 2. The molecule has 0 unspecified atom stereocenters. The molecule has 2 heterocycles. The first-order valence-electron chi connectivity index (χ1n) is 10.8. The van der Waals surface area contributed by atoms with Gasteiger partial charge in [-0.05, 0) is 69.8 Å². The topological polar surface area (TPSA) is 64.7 Å². The van der Waals surface area contributed by atoms with E-state index in [1.54, 1.807) is 0 Å². The van der Waals surface area contributed by atoms with E-state index in [1.165, 1.54) is 32.4 Å². The second-order valence-electron chi connectivity index (χ2n) is 8.04. The van der Waals surface area contributed by atoms with Crippen molar-refractivity contribution in [2.24, 2.45) is 5.92 Å². The summed E-state index contributed by atoms with van der Waals surface area (Å²) in [7, 11) is 0. The average Bonchev–Trinajstić information content (AvgIpc) is 2.73. The van der Waals surface area contributed by atoms with E-state index in [0.29, 0.717) is 25.4 Å². The van der Waals surface area contributed by atoms with E-state index < -0.39 is 0 Å². The normalized spacial score (nSPS) is 18.6. The molecular weight excluding hydrogens is 352 g/mol. The van der Waals surface area contributed by atoms with Crippen molar-refractivity contribution in [1.29, 1.82) is 0 Å². The van der Waals surface area contributed by atoms with Crippen LogP contribution in [-0.4, -0.2) is 61.0 Å². The van der Waals surface area contributed by atoms with Gasteiger partial charge in [-0.15, -0.1) is 0 Å². The number of carbonyl (C=O) groups is 2. The first-order valence-corrected chi connectivity index (χ1v) is 10.8. The molecule has 0 saturated carbocycles. The van der Waals surface area contributed by atoms with Crippen LogP contribution in [0.15, 0.2) is 30.3 Å². The largest absolute Gasteiger partial charge is 0.356 e. The predicted molar refractivity (Wildman–Crippen MR) is 112 cm³/mol. The number of likely N-dealkylation sites (tertiary alicyclic amines) is 2. The van der Waals surface area contributed by atoms with Crippen LogP contribution in [0.25, 0.3) is 0 Å². The van der Waals surface area contributed by atoms with Crippen LogP contribution in [0.4, 0.5) is 10.5 Å². The molecule has 0 bridgehead atoms. The van der Waals surface area contributed by atoms with Gasteiger partial charge in [-0.2, -0.15) is 0 Å². The van der Waals surface area contributed by atoms with Gasteiger partial charge in [0.05, 0.1) is 0 Å². The van der Waals surface area contributed by atoms with Crippen LogP contribution in [0.3, 0.4) is 0 Å². The predicted octanol–water partition coefficient (Wildman–Crippen LogP) is 3.31. The number of rotatable bonds is 7. The van der Waals surface area contributed by atoms with E-state index in [2.05, 4.69) is 15.5 Å². The van der Waals surface area contributed by atoms with Crippen LogP contribution in [0.1, 0.15) is 44.9 Å². The summed E-state index contributed by atoms with van der Waals surface area (Å²) in [6.07, 6.45) is 7.39. The van der Waals surface area contributed by atoms with Crippen LogP contribution in [0, 0.1) is 5.92 Å². The summed E-state index contributed by atoms with van der Waals surface area (Å²) in [5.74, 6) is 0.536. The number of amides is 3. The number of anilines is 1. The quantitative estimate of drug-likeness (QED) is 0.707. The third-order valence-corrected chi connectivity index (χ3v) is 5.82. The highest BCUT2D eigenvalue weighted by molar-refractivity contribution is 5.89. The zero-order chi connectivity index (χ0) is 19.6. The molecule has 1 aromatic rings. The van der Waals surface area contributed by atoms with Crippen LogP contribution >= 0.6 is 0 Å². The van der Waals surface area contributed by atoms with Gasteiger partial charge in [-0.1, -0.05) is 24.6 Å². The lowest BCUT2D eigenvalue weighted by atomic mass is 9.93. The Balaban J connectivity index is 1.27. The Hall–Kier alpha value is -2.08. The maximum atomic E-state index is 12.3. The minimum atomic E-state index is -0.0492. The highest BCUT2D eigenvalue weighted by Gasteiger charge is 2.24. The van der Waals surface area contributed by atoms with Crippen molar-refractivity contribution in [3.63, 3.8) is 0 Å². The van der Waals surface area contributed by atoms with E-state index in [0.717, 1.165) is 38.0 Å². The van der Waals surface area contributed by atoms with Crippen molar-refractivity contribution in [2.45, 2.75) is 44.9 Å². The second-order valence-corrected chi connectivity index (χ2v) is 8.04. The summed E-state index contributed by atoms with van der Waals surface area (Å²) in [6.45, 7) is 5.72. The van der Waals surface area contributed by atoms with Gasteiger partial charge < -0.3 is 20.4 Å². The lowest BCUT2D eigenvalue weighted by molar-refractivity contribution is -0.122. The maximum absolute atomic E-state index is 12.3. The molecule has 0 spiro atoms. The fourth-order valence-corrected chi connectivity index (χ4v) is 4.11. The zero-order valence-electron chi connectivity index (χ0n) is 16.9. The fourth-order valence-electron chi connectivity index (χ4n) is 4.11. The van der Waals surface area contributed by atoms with Crippen LogP contribution in [0.2, 0.25) is 0 Å². The van der Waals surface area contributed by atoms with E-state index in [-0.39, 0.29) is 11.9 Å². The minimum Gasteiger partial charge on any atom is -0.356 e. The molecule has 0 aliphatic carbocycles. The van der Waals surface area contributed by atoms with Gasteiger partial charge in [0.1, 0.15) is 0 Å². The van der Waals surface area contributed by atoms with Crippen molar-refractivity contribution in [2.75, 3.05) is 44.6 Å². The molecule has 3 amide bonds. The third-order valence-electron chi connectivity index (χ3n) is 5.82. The summed E-state index contributed by atoms with van der Waals surface area (Å²) in [6, 6.07) is 9.48. The Bertz CT molecular complexity index is 608. The van der Waals surface area contributed by atoms with Crippen molar-refractivity contribution in [3.8, 4) is 0 Å². The molecule has 1 aromatic carbocycles. The summed E-state index contributed by atoms with van der Waals surface area (Å²) in [4.78, 5) is 28.9. The smallest absolute Gasteiger partial charge is 0.321 e. The second kappa shape index (κ2) is 11.1. The summed E-state index contributed by atoms with van der Waals surface area (Å²) >= 11 is 0. The molecule has 28 heavy (non-hydrogen) atoms. The van der Waals surface area contributed by atoms with Crippen molar-refractivity contribution >= 4 is 17.6 Å². The SMILES string of the molecule is O=C(CC1CCN(C(=O)Nc2ccccc2)CC1)NCCCN1CCCCC1. The number of para-hydroxylation sites is 1. The Morgan fingerprint density at radius 1 is 0.964 bits per heavy atom. The molecule has 154 valence electrons. The van der Waals surface area contributed by atoms with Gasteiger partial charge >= 0.3 is 6.03 Å². The summed E-state index contributed by atoms with van der Waals surface area (Å²) in [5, 5.41) is 6.01. The fraction of sp³-hybridized carbons (Fsp3) is 0.636. The summed E-state index contributed by atoms with van der Waals surface area (Å²) in [5.41, 5.74) is 0.818. The molecule has 2 aliphatic heterocycles.